The summed E-state index contributed by atoms with van der Waals surface area (Å²) in [4.78, 5) is 29.4. The first-order chi connectivity index (χ1) is 16.1. The van der Waals surface area contributed by atoms with Gasteiger partial charge in [-0.25, -0.2) is 0 Å². The molecule has 2 heterocycles. The monoisotopic (exact) mass is 496 g/mol. The van der Waals surface area contributed by atoms with Gasteiger partial charge >= 0.3 is 6.18 Å². The molecule has 0 aromatic heterocycles. The Labute approximate surface area is 199 Å². The molecule has 2 aromatic rings. The summed E-state index contributed by atoms with van der Waals surface area (Å²) in [5, 5.41) is 12.1. The second-order valence-corrected chi connectivity index (χ2v) is 8.89. The SMILES string of the molecule is O=C(C1CCN(c2ccc(C(F)(F)F)cc2[N+](=O)[O-])CC1)N1CCN(c2ccccc2Cl)CC1. The van der Waals surface area contributed by atoms with Gasteiger partial charge in [0.25, 0.3) is 5.69 Å². The minimum atomic E-state index is -4.65. The fourth-order valence-corrected chi connectivity index (χ4v) is 4.87. The van der Waals surface area contributed by atoms with Crippen LogP contribution in [0, 0.1) is 16.0 Å². The van der Waals surface area contributed by atoms with Crippen molar-refractivity contribution in [1.82, 2.24) is 4.90 Å². The molecule has 0 unspecified atom stereocenters. The number of halogens is 4. The quantitative estimate of drug-likeness (QED) is 0.448. The normalized spacial score (nSPS) is 17.7. The number of hydrogen-bond acceptors (Lipinski definition) is 5. The lowest BCUT2D eigenvalue weighted by Gasteiger charge is -2.39. The molecule has 7 nitrogen and oxygen atoms in total. The number of anilines is 2. The van der Waals surface area contributed by atoms with Crippen LogP contribution >= 0.6 is 11.6 Å². The second kappa shape index (κ2) is 9.69. The molecular weight excluding hydrogens is 473 g/mol. The highest BCUT2D eigenvalue weighted by Gasteiger charge is 2.36. The number of hydrogen-bond donors (Lipinski definition) is 0. The Morgan fingerprint density at radius 1 is 0.941 bits per heavy atom. The molecule has 0 aliphatic carbocycles. The average Bonchev–Trinajstić information content (AvgIpc) is 2.83. The molecule has 0 radical (unpaired) electrons. The fraction of sp³-hybridized carbons (Fsp3) is 0.435. The zero-order chi connectivity index (χ0) is 24.5. The molecule has 182 valence electrons. The molecule has 2 saturated heterocycles. The summed E-state index contributed by atoms with van der Waals surface area (Å²) in [5.41, 5.74) is -0.529. The maximum absolute atomic E-state index is 13.1. The fourth-order valence-electron chi connectivity index (χ4n) is 4.61. The maximum Gasteiger partial charge on any atom is 0.416 e. The molecule has 0 N–H and O–H groups in total. The lowest BCUT2D eigenvalue weighted by molar-refractivity contribution is -0.384. The van der Waals surface area contributed by atoms with Gasteiger partial charge < -0.3 is 14.7 Å². The van der Waals surface area contributed by atoms with Crippen LogP contribution in [0.4, 0.5) is 30.2 Å². The average molecular weight is 497 g/mol. The van der Waals surface area contributed by atoms with Crippen molar-refractivity contribution >= 4 is 34.6 Å². The van der Waals surface area contributed by atoms with E-state index in [2.05, 4.69) is 4.90 Å². The number of para-hydroxylation sites is 1. The van der Waals surface area contributed by atoms with Gasteiger partial charge in [0.2, 0.25) is 5.91 Å². The van der Waals surface area contributed by atoms with Crippen LogP contribution in [0.25, 0.3) is 0 Å². The van der Waals surface area contributed by atoms with Crippen molar-refractivity contribution in [3.8, 4) is 0 Å². The Balaban J connectivity index is 1.36. The number of carbonyl (C=O) groups is 1. The minimum absolute atomic E-state index is 0.0559. The largest absolute Gasteiger partial charge is 0.416 e. The smallest absolute Gasteiger partial charge is 0.367 e. The van der Waals surface area contributed by atoms with E-state index in [4.69, 9.17) is 11.6 Å². The van der Waals surface area contributed by atoms with Gasteiger partial charge in [0.05, 0.1) is 21.2 Å². The summed E-state index contributed by atoms with van der Waals surface area (Å²) < 4.78 is 38.9. The number of piperidine rings is 1. The number of amides is 1. The van der Waals surface area contributed by atoms with Crippen LogP contribution in [0.2, 0.25) is 5.02 Å². The van der Waals surface area contributed by atoms with Crippen molar-refractivity contribution in [2.45, 2.75) is 19.0 Å². The number of carbonyl (C=O) groups excluding carboxylic acids is 1. The van der Waals surface area contributed by atoms with Gasteiger partial charge in [-0.1, -0.05) is 23.7 Å². The third-order valence-electron chi connectivity index (χ3n) is 6.47. The number of nitro benzene ring substituents is 1. The predicted molar refractivity (Wildman–Crippen MR) is 123 cm³/mol. The van der Waals surface area contributed by atoms with Crippen molar-refractivity contribution in [1.29, 1.82) is 0 Å². The molecule has 2 fully saturated rings. The van der Waals surface area contributed by atoms with E-state index >= 15 is 0 Å². The van der Waals surface area contributed by atoms with E-state index in [1.807, 2.05) is 29.2 Å². The third kappa shape index (κ3) is 5.06. The Morgan fingerprint density at radius 3 is 2.15 bits per heavy atom. The molecule has 4 rings (SSSR count). The molecular formula is C23H24ClF3N4O3. The van der Waals surface area contributed by atoms with Crippen LogP contribution in [-0.2, 0) is 11.0 Å². The zero-order valence-corrected chi connectivity index (χ0v) is 19.1. The standard InChI is InChI=1S/C23H24ClF3N4O3/c24-18-3-1-2-4-19(18)29-11-13-30(14-12-29)22(32)16-7-9-28(10-8-16)20-6-5-17(23(25,26)27)15-21(20)31(33)34/h1-6,15-16H,7-14H2. The van der Waals surface area contributed by atoms with Crippen LogP contribution in [0.5, 0.6) is 0 Å². The third-order valence-corrected chi connectivity index (χ3v) is 6.79. The van der Waals surface area contributed by atoms with Crippen molar-refractivity contribution in [2.24, 2.45) is 5.92 Å². The summed E-state index contributed by atoms with van der Waals surface area (Å²) in [5.74, 6) is -0.156. The van der Waals surface area contributed by atoms with Crippen LogP contribution in [-0.4, -0.2) is 55.0 Å². The first-order valence-corrected chi connectivity index (χ1v) is 11.4. The summed E-state index contributed by atoms with van der Waals surface area (Å²) in [6.45, 7) is 3.23. The topological polar surface area (TPSA) is 69.9 Å². The molecule has 2 aliphatic heterocycles. The number of nitrogens with zero attached hydrogens (tertiary/aromatic N) is 4. The van der Waals surface area contributed by atoms with E-state index in [0.717, 1.165) is 17.8 Å². The van der Waals surface area contributed by atoms with Crippen LogP contribution in [0.3, 0.4) is 0 Å². The highest BCUT2D eigenvalue weighted by molar-refractivity contribution is 6.33. The van der Waals surface area contributed by atoms with Gasteiger partial charge in [-0.15, -0.1) is 0 Å². The van der Waals surface area contributed by atoms with E-state index in [-0.39, 0.29) is 17.5 Å². The predicted octanol–water partition coefficient (Wildman–Crippen LogP) is 4.83. The Bertz CT molecular complexity index is 1070. The zero-order valence-electron chi connectivity index (χ0n) is 18.3. The summed E-state index contributed by atoms with van der Waals surface area (Å²) >= 11 is 6.28. The van der Waals surface area contributed by atoms with Crippen molar-refractivity contribution in [3.05, 3.63) is 63.2 Å². The molecule has 34 heavy (non-hydrogen) atoms. The Hall–Kier alpha value is -3.01. The van der Waals surface area contributed by atoms with Gasteiger partial charge in [-0.2, -0.15) is 13.2 Å². The first-order valence-electron chi connectivity index (χ1n) is 11.0. The molecule has 1 amide bonds. The van der Waals surface area contributed by atoms with Gasteiger partial charge in [0.1, 0.15) is 5.69 Å². The van der Waals surface area contributed by atoms with E-state index in [9.17, 15) is 28.1 Å². The van der Waals surface area contributed by atoms with Crippen molar-refractivity contribution in [3.63, 3.8) is 0 Å². The first kappa shape index (κ1) is 24.1. The highest BCUT2D eigenvalue weighted by atomic mass is 35.5. The van der Waals surface area contributed by atoms with Crippen molar-refractivity contribution < 1.29 is 22.9 Å². The molecule has 0 spiro atoms. The molecule has 0 atom stereocenters. The lowest BCUT2D eigenvalue weighted by Crippen LogP contribution is -2.51. The van der Waals surface area contributed by atoms with Gasteiger partial charge in [-0.3, -0.25) is 14.9 Å². The summed E-state index contributed by atoms with van der Waals surface area (Å²) in [6, 6.07) is 10.2. The number of nitro groups is 1. The van der Waals surface area contributed by atoms with E-state index in [1.54, 1.807) is 4.90 Å². The Morgan fingerprint density at radius 2 is 1.56 bits per heavy atom. The Kier molecular flexibility index (Phi) is 6.88. The number of alkyl halides is 3. The van der Waals surface area contributed by atoms with E-state index < -0.39 is 22.4 Å². The number of piperazine rings is 1. The van der Waals surface area contributed by atoms with Gasteiger partial charge in [0.15, 0.2) is 0 Å². The van der Waals surface area contributed by atoms with Crippen LogP contribution in [0.1, 0.15) is 18.4 Å². The number of benzene rings is 2. The molecule has 0 saturated carbocycles. The summed E-state index contributed by atoms with van der Waals surface area (Å²) in [7, 11) is 0. The van der Waals surface area contributed by atoms with E-state index in [0.29, 0.717) is 63.2 Å². The number of rotatable bonds is 4. The minimum Gasteiger partial charge on any atom is -0.367 e. The molecule has 11 heteroatoms. The molecule has 2 aliphatic rings. The van der Waals surface area contributed by atoms with Gasteiger partial charge in [-0.05, 0) is 37.1 Å². The van der Waals surface area contributed by atoms with Gasteiger partial charge in [0, 0.05) is 51.3 Å². The summed E-state index contributed by atoms with van der Waals surface area (Å²) in [6.07, 6.45) is -3.68. The van der Waals surface area contributed by atoms with E-state index in [1.165, 1.54) is 0 Å². The maximum atomic E-state index is 13.1. The second-order valence-electron chi connectivity index (χ2n) is 8.48. The highest BCUT2D eigenvalue weighted by Crippen LogP contribution is 2.38. The lowest BCUT2D eigenvalue weighted by atomic mass is 9.94. The molecule has 0 bridgehead atoms. The van der Waals surface area contributed by atoms with Crippen LogP contribution in [0.15, 0.2) is 42.5 Å². The molecule has 2 aromatic carbocycles. The van der Waals surface area contributed by atoms with Crippen molar-refractivity contribution in [2.75, 3.05) is 49.1 Å². The van der Waals surface area contributed by atoms with Crippen LogP contribution < -0.4 is 9.80 Å².